The van der Waals surface area contributed by atoms with Gasteiger partial charge in [-0.05, 0) is 40.2 Å². The minimum atomic E-state index is 0.418. The van der Waals surface area contributed by atoms with Gasteiger partial charge in [0.1, 0.15) is 23.1 Å². The molecule has 0 atom stereocenters. The summed E-state index contributed by atoms with van der Waals surface area (Å²) in [6.45, 7) is 0. The van der Waals surface area contributed by atoms with Gasteiger partial charge in [0.2, 0.25) is 0 Å². The zero-order valence-corrected chi connectivity index (χ0v) is 11.5. The minimum absolute atomic E-state index is 0.418. The second-order valence-electron chi connectivity index (χ2n) is 3.51. The van der Waals surface area contributed by atoms with Crippen molar-refractivity contribution in [2.75, 3.05) is 5.73 Å². The lowest BCUT2D eigenvalue weighted by atomic mass is 10.2. The van der Waals surface area contributed by atoms with E-state index in [4.69, 9.17) is 27.3 Å². The highest BCUT2D eigenvalue weighted by atomic mass is 79.9. The van der Waals surface area contributed by atoms with Gasteiger partial charge >= 0.3 is 0 Å². The zero-order chi connectivity index (χ0) is 13.1. The van der Waals surface area contributed by atoms with E-state index in [9.17, 15) is 0 Å². The van der Waals surface area contributed by atoms with E-state index in [-0.39, 0.29) is 0 Å². The molecule has 2 aromatic carbocycles. The van der Waals surface area contributed by atoms with E-state index in [2.05, 4.69) is 22.0 Å². The van der Waals surface area contributed by atoms with Crippen LogP contribution in [-0.2, 0) is 0 Å². The predicted octanol–water partition coefficient (Wildman–Crippen LogP) is 4.35. The van der Waals surface area contributed by atoms with E-state index in [0.29, 0.717) is 32.2 Å². The second kappa shape index (κ2) is 5.30. The molecule has 18 heavy (non-hydrogen) atoms. The Morgan fingerprint density at radius 3 is 2.72 bits per heavy atom. The standard InChI is InChI=1S/C13H8BrClN2O/c14-10-2-1-3-13(9(10)7-16)18-8-4-5-12(17)11(15)6-8/h1-6H,17H2. The molecule has 0 fully saturated rings. The van der Waals surface area contributed by atoms with Crippen molar-refractivity contribution in [2.45, 2.75) is 0 Å². The zero-order valence-electron chi connectivity index (χ0n) is 9.15. The predicted molar refractivity (Wildman–Crippen MR) is 74.8 cm³/mol. The van der Waals surface area contributed by atoms with Gasteiger partial charge in [0.15, 0.2) is 0 Å². The lowest BCUT2D eigenvalue weighted by molar-refractivity contribution is 0.481. The van der Waals surface area contributed by atoms with E-state index in [1.807, 2.05) is 0 Å². The molecular weight excluding hydrogens is 316 g/mol. The monoisotopic (exact) mass is 322 g/mol. The SMILES string of the molecule is N#Cc1c(Br)cccc1Oc1ccc(N)c(Cl)c1. The summed E-state index contributed by atoms with van der Waals surface area (Å²) in [5, 5.41) is 9.49. The lowest BCUT2D eigenvalue weighted by Crippen LogP contribution is -1.91. The molecule has 0 amide bonds. The fourth-order valence-corrected chi connectivity index (χ4v) is 2.00. The van der Waals surface area contributed by atoms with Gasteiger partial charge in [0.25, 0.3) is 0 Å². The molecule has 0 radical (unpaired) electrons. The van der Waals surface area contributed by atoms with Gasteiger partial charge in [-0.15, -0.1) is 0 Å². The van der Waals surface area contributed by atoms with Crippen molar-refractivity contribution >= 4 is 33.2 Å². The second-order valence-corrected chi connectivity index (χ2v) is 4.77. The molecule has 5 heteroatoms. The third-order valence-electron chi connectivity index (χ3n) is 2.29. The van der Waals surface area contributed by atoms with Crippen molar-refractivity contribution in [3.8, 4) is 17.6 Å². The van der Waals surface area contributed by atoms with Gasteiger partial charge in [0, 0.05) is 10.5 Å². The maximum absolute atomic E-state index is 9.07. The summed E-state index contributed by atoms with van der Waals surface area (Å²) in [6.07, 6.45) is 0. The Morgan fingerprint density at radius 2 is 2.06 bits per heavy atom. The van der Waals surface area contributed by atoms with Crippen LogP contribution in [-0.4, -0.2) is 0 Å². The first kappa shape index (κ1) is 12.7. The van der Waals surface area contributed by atoms with E-state index < -0.39 is 0 Å². The van der Waals surface area contributed by atoms with Crippen molar-refractivity contribution in [3.05, 3.63) is 51.5 Å². The summed E-state index contributed by atoms with van der Waals surface area (Å²) in [6, 6.07) is 12.3. The van der Waals surface area contributed by atoms with Crippen LogP contribution in [0.1, 0.15) is 5.56 Å². The molecule has 0 unspecified atom stereocenters. The van der Waals surface area contributed by atoms with Crippen LogP contribution in [0.3, 0.4) is 0 Å². The molecule has 0 heterocycles. The Bertz CT molecular complexity index is 637. The molecular formula is C13H8BrClN2O. The summed E-state index contributed by atoms with van der Waals surface area (Å²) < 4.78 is 6.31. The van der Waals surface area contributed by atoms with Gasteiger partial charge in [-0.25, -0.2) is 0 Å². The molecule has 0 spiro atoms. The first-order valence-electron chi connectivity index (χ1n) is 5.03. The number of nitrogens with two attached hydrogens (primary N) is 1. The third kappa shape index (κ3) is 2.58. The molecule has 2 rings (SSSR count). The Morgan fingerprint density at radius 1 is 1.28 bits per heavy atom. The van der Waals surface area contributed by atoms with Crippen molar-refractivity contribution in [1.29, 1.82) is 5.26 Å². The van der Waals surface area contributed by atoms with E-state index in [1.54, 1.807) is 36.4 Å². The molecule has 90 valence electrons. The van der Waals surface area contributed by atoms with E-state index >= 15 is 0 Å². The number of nitrogens with zero attached hydrogens (tertiary/aromatic N) is 1. The molecule has 0 saturated carbocycles. The number of hydrogen-bond acceptors (Lipinski definition) is 3. The van der Waals surface area contributed by atoms with Crippen LogP contribution in [0.4, 0.5) is 5.69 Å². The first-order chi connectivity index (χ1) is 8.61. The highest BCUT2D eigenvalue weighted by Gasteiger charge is 2.08. The summed E-state index contributed by atoms with van der Waals surface area (Å²) >= 11 is 9.20. The minimum Gasteiger partial charge on any atom is -0.456 e. The van der Waals surface area contributed by atoms with Gasteiger partial charge in [-0.3, -0.25) is 0 Å². The van der Waals surface area contributed by atoms with E-state index in [0.717, 1.165) is 0 Å². The Labute approximate surface area is 118 Å². The largest absolute Gasteiger partial charge is 0.456 e. The van der Waals surface area contributed by atoms with Crippen LogP contribution in [0.25, 0.3) is 0 Å². The van der Waals surface area contributed by atoms with Crippen LogP contribution in [0.5, 0.6) is 11.5 Å². The number of nitrogen functional groups attached to an aromatic ring is 1. The smallest absolute Gasteiger partial charge is 0.146 e. The molecule has 0 aliphatic heterocycles. The number of rotatable bonds is 2. The van der Waals surface area contributed by atoms with Crippen LogP contribution in [0.2, 0.25) is 5.02 Å². The van der Waals surface area contributed by atoms with Gasteiger partial charge < -0.3 is 10.5 Å². The molecule has 0 aliphatic rings. The van der Waals surface area contributed by atoms with Crippen molar-refractivity contribution in [2.24, 2.45) is 0 Å². The molecule has 0 aromatic heterocycles. The fourth-order valence-electron chi connectivity index (χ4n) is 1.40. The van der Waals surface area contributed by atoms with Crippen LogP contribution in [0.15, 0.2) is 40.9 Å². The maximum atomic E-state index is 9.07. The maximum Gasteiger partial charge on any atom is 0.146 e. The summed E-state index contributed by atoms with van der Waals surface area (Å²) in [5.74, 6) is 0.997. The van der Waals surface area contributed by atoms with Crippen LogP contribution >= 0.6 is 27.5 Å². The van der Waals surface area contributed by atoms with Gasteiger partial charge in [-0.2, -0.15) is 5.26 Å². The number of hydrogen-bond donors (Lipinski definition) is 1. The molecule has 2 N–H and O–H groups in total. The molecule has 3 nitrogen and oxygen atoms in total. The quantitative estimate of drug-likeness (QED) is 0.836. The van der Waals surface area contributed by atoms with Crippen LogP contribution < -0.4 is 10.5 Å². The molecule has 0 saturated heterocycles. The number of halogens is 2. The summed E-state index contributed by atoms with van der Waals surface area (Å²) in [4.78, 5) is 0. The van der Waals surface area contributed by atoms with Gasteiger partial charge in [-0.1, -0.05) is 17.7 Å². The summed E-state index contributed by atoms with van der Waals surface area (Å²) in [5.41, 5.74) is 6.54. The van der Waals surface area contributed by atoms with Gasteiger partial charge in [0.05, 0.1) is 10.7 Å². The van der Waals surface area contributed by atoms with Crippen molar-refractivity contribution in [3.63, 3.8) is 0 Å². The molecule has 2 aromatic rings. The van der Waals surface area contributed by atoms with Crippen LogP contribution in [0, 0.1) is 11.3 Å². The average Bonchev–Trinajstić information content (AvgIpc) is 2.34. The number of nitriles is 1. The lowest BCUT2D eigenvalue weighted by Gasteiger charge is -2.09. The average molecular weight is 324 g/mol. The number of benzene rings is 2. The summed E-state index contributed by atoms with van der Waals surface area (Å²) in [7, 11) is 0. The molecule has 0 bridgehead atoms. The van der Waals surface area contributed by atoms with Crippen molar-refractivity contribution in [1.82, 2.24) is 0 Å². The highest BCUT2D eigenvalue weighted by Crippen LogP contribution is 2.32. The Kier molecular flexibility index (Phi) is 3.75. The number of anilines is 1. The normalized spacial score (nSPS) is 9.83. The molecule has 0 aliphatic carbocycles. The fraction of sp³-hybridized carbons (Fsp3) is 0. The first-order valence-corrected chi connectivity index (χ1v) is 6.20. The third-order valence-corrected chi connectivity index (χ3v) is 3.28. The number of ether oxygens (including phenoxy) is 1. The topological polar surface area (TPSA) is 59.0 Å². The van der Waals surface area contributed by atoms with Crippen molar-refractivity contribution < 1.29 is 4.74 Å². The highest BCUT2D eigenvalue weighted by molar-refractivity contribution is 9.10. The Hall–Kier alpha value is -1.70. The Balaban J connectivity index is 2.37. The van der Waals surface area contributed by atoms with E-state index in [1.165, 1.54) is 0 Å².